The highest BCUT2D eigenvalue weighted by Gasteiger charge is 2.06. The molecule has 1 rings (SSSR count). The minimum atomic E-state index is 0.204. The molecule has 0 saturated heterocycles. The molecular formula is C13H23N3O. The Labute approximate surface area is 104 Å². The second-order valence-corrected chi connectivity index (χ2v) is 4.12. The molecule has 1 aromatic rings. The molecule has 0 aliphatic rings. The number of rotatable bonds is 8. The summed E-state index contributed by atoms with van der Waals surface area (Å²) in [6.07, 6.45) is 2.33. The van der Waals surface area contributed by atoms with Crippen LogP contribution in [0.5, 0.6) is 0 Å². The zero-order valence-corrected chi connectivity index (χ0v) is 10.8. The van der Waals surface area contributed by atoms with Gasteiger partial charge < -0.3 is 10.4 Å². The summed E-state index contributed by atoms with van der Waals surface area (Å²) in [5, 5.41) is 12.1. The molecule has 1 aromatic heterocycles. The molecule has 0 aliphatic carbocycles. The summed E-state index contributed by atoms with van der Waals surface area (Å²) >= 11 is 0. The molecule has 0 unspecified atom stereocenters. The van der Waals surface area contributed by atoms with E-state index in [4.69, 9.17) is 5.11 Å². The molecule has 0 aliphatic heterocycles. The van der Waals surface area contributed by atoms with E-state index in [2.05, 4.69) is 22.1 Å². The van der Waals surface area contributed by atoms with Crippen molar-refractivity contribution in [2.45, 2.75) is 26.3 Å². The fraction of sp³-hybridized carbons (Fsp3) is 0.615. The molecule has 2 N–H and O–H groups in total. The number of hydrogen-bond acceptors (Lipinski definition) is 4. The van der Waals surface area contributed by atoms with E-state index in [1.165, 1.54) is 6.42 Å². The first-order valence-electron chi connectivity index (χ1n) is 6.27. The molecule has 0 spiro atoms. The number of hydrogen-bond donors (Lipinski definition) is 2. The summed E-state index contributed by atoms with van der Waals surface area (Å²) in [6, 6.07) is 5.98. The van der Waals surface area contributed by atoms with Gasteiger partial charge in [0.05, 0.1) is 12.3 Å². The molecule has 0 saturated carbocycles. The molecule has 4 heteroatoms. The number of aliphatic hydroxyl groups excluding tert-OH is 1. The normalized spacial score (nSPS) is 10.8. The van der Waals surface area contributed by atoms with Crippen LogP contribution in [0.3, 0.4) is 0 Å². The van der Waals surface area contributed by atoms with Crippen LogP contribution in [0.2, 0.25) is 0 Å². The second kappa shape index (κ2) is 8.03. The van der Waals surface area contributed by atoms with Gasteiger partial charge in [-0.3, -0.25) is 4.90 Å². The average Bonchev–Trinajstić information content (AvgIpc) is 2.36. The van der Waals surface area contributed by atoms with Gasteiger partial charge in [0.15, 0.2) is 0 Å². The molecule has 4 nitrogen and oxygen atoms in total. The Balaban J connectivity index is 2.57. The first kappa shape index (κ1) is 13.9. The van der Waals surface area contributed by atoms with Crippen LogP contribution in [0.1, 0.15) is 25.5 Å². The molecule has 0 fully saturated rings. The predicted molar refractivity (Wildman–Crippen MR) is 71.1 cm³/mol. The second-order valence-electron chi connectivity index (χ2n) is 4.12. The van der Waals surface area contributed by atoms with E-state index in [1.807, 2.05) is 25.2 Å². The topological polar surface area (TPSA) is 48.4 Å². The number of nitrogens with one attached hydrogen (secondary N) is 1. The van der Waals surface area contributed by atoms with Crippen LogP contribution in [0.4, 0.5) is 5.82 Å². The maximum atomic E-state index is 9.04. The Morgan fingerprint density at radius 3 is 2.82 bits per heavy atom. The van der Waals surface area contributed by atoms with Gasteiger partial charge in [0.2, 0.25) is 0 Å². The van der Waals surface area contributed by atoms with Gasteiger partial charge in [-0.1, -0.05) is 19.4 Å². The molecular weight excluding hydrogens is 214 g/mol. The van der Waals surface area contributed by atoms with Crippen LogP contribution in [0.25, 0.3) is 0 Å². The standard InChI is InChI=1S/C13H23N3O/c1-3-4-8-16(9-10-17)11-12-6-5-7-13(14-2)15-12/h5-7,17H,3-4,8-11H2,1-2H3,(H,14,15). The third-order valence-electron chi connectivity index (χ3n) is 2.69. The van der Waals surface area contributed by atoms with E-state index < -0.39 is 0 Å². The largest absolute Gasteiger partial charge is 0.395 e. The summed E-state index contributed by atoms with van der Waals surface area (Å²) in [6.45, 7) is 4.91. The van der Waals surface area contributed by atoms with E-state index >= 15 is 0 Å². The summed E-state index contributed by atoms with van der Waals surface area (Å²) in [5.74, 6) is 0.891. The van der Waals surface area contributed by atoms with Crippen molar-refractivity contribution in [1.82, 2.24) is 9.88 Å². The predicted octanol–water partition coefficient (Wildman–Crippen LogP) is 1.72. The lowest BCUT2D eigenvalue weighted by Crippen LogP contribution is -2.28. The zero-order chi connectivity index (χ0) is 12.5. The lowest BCUT2D eigenvalue weighted by Gasteiger charge is -2.20. The summed E-state index contributed by atoms with van der Waals surface area (Å²) < 4.78 is 0. The number of unbranched alkanes of at least 4 members (excludes halogenated alkanes) is 1. The first-order chi connectivity index (χ1) is 8.30. The fourth-order valence-corrected chi connectivity index (χ4v) is 1.73. The fourth-order valence-electron chi connectivity index (χ4n) is 1.73. The van der Waals surface area contributed by atoms with Crippen LogP contribution in [0, 0.1) is 0 Å². The molecule has 0 amide bonds. The van der Waals surface area contributed by atoms with Gasteiger partial charge in [0.1, 0.15) is 5.82 Å². The van der Waals surface area contributed by atoms with Crippen LogP contribution >= 0.6 is 0 Å². The van der Waals surface area contributed by atoms with Crippen LogP contribution in [0.15, 0.2) is 18.2 Å². The van der Waals surface area contributed by atoms with E-state index in [9.17, 15) is 0 Å². The molecule has 0 atom stereocenters. The minimum absolute atomic E-state index is 0.204. The molecule has 0 radical (unpaired) electrons. The Bertz CT molecular complexity index is 317. The van der Waals surface area contributed by atoms with Crippen molar-refractivity contribution in [3.63, 3.8) is 0 Å². The highest BCUT2D eigenvalue weighted by atomic mass is 16.3. The Hall–Kier alpha value is -1.13. The van der Waals surface area contributed by atoms with Crippen LogP contribution in [-0.4, -0.2) is 41.7 Å². The summed E-state index contributed by atoms with van der Waals surface area (Å²) in [7, 11) is 1.87. The van der Waals surface area contributed by atoms with Gasteiger partial charge >= 0.3 is 0 Å². The first-order valence-corrected chi connectivity index (χ1v) is 6.27. The number of aromatic nitrogens is 1. The Kier molecular flexibility index (Phi) is 6.58. The van der Waals surface area contributed by atoms with Crippen molar-refractivity contribution in [2.24, 2.45) is 0 Å². The zero-order valence-electron chi connectivity index (χ0n) is 10.8. The number of aliphatic hydroxyl groups is 1. The monoisotopic (exact) mass is 237 g/mol. The maximum Gasteiger partial charge on any atom is 0.126 e. The molecule has 0 bridgehead atoms. The lowest BCUT2D eigenvalue weighted by molar-refractivity contribution is 0.187. The maximum absolute atomic E-state index is 9.04. The quantitative estimate of drug-likeness (QED) is 0.723. The SMILES string of the molecule is CCCCN(CCO)Cc1cccc(NC)n1. The van der Waals surface area contributed by atoms with Crippen molar-refractivity contribution in [3.05, 3.63) is 23.9 Å². The highest BCUT2D eigenvalue weighted by Crippen LogP contribution is 2.07. The van der Waals surface area contributed by atoms with E-state index in [-0.39, 0.29) is 6.61 Å². The summed E-state index contributed by atoms with van der Waals surface area (Å²) in [5.41, 5.74) is 1.04. The van der Waals surface area contributed by atoms with E-state index in [1.54, 1.807) is 0 Å². The van der Waals surface area contributed by atoms with E-state index in [0.717, 1.165) is 31.0 Å². The molecule has 96 valence electrons. The lowest BCUT2D eigenvalue weighted by atomic mass is 10.2. The number of anilines is 1. The highest BCUT2D eigenvalue weighted by molar-refractivity contribution is 5.34. The van der Waals surface area contributed by atoms with Gasteiger partial charge in [-0.25, -0.2) is 4.98 Å². The van der Waals surface area contributed by atoms with Crippen molar-refractivity contribution >= 4 is 5.82 Å². The third kappa shape index (κ3) is 5.15. The number of nitrogens with zero attached hydrogens (tertiary/aromatic N) is 2. The molecule has 0 aromatic carbocycles. The van der Waals surface area contributed by atoms with Gasteiger partial charge in [-0.2, -0.15) is 0 Å². The molecule has 1 heterocycles. The van der Waals surface area contributed by atoms with Crippen molar-refractivity contribution < 1.29 is 5.11 Å². The van der Waals surface area contributed by atoms with E-state index in [0.29, 0.717) is 6.54 Å². The minimum Gasteiger partial charge on any atom is -0.395 e. The van der Waals surface area contributed by atoms with Crippen LogP contribution in [-0.2, 0) is 6.54 Å². The van der Waals surface area contributed by atoms with Gasteiger partial charge in [-0.15, -0.1) is 0 Å². The van der Waals surface area contributed by atoms with Gasteiger partial charge in [0, 0.05) is 20.1 Å². The van der Waals surface area contributed by atoms with Crippen molar-refractivity contribution in [2.75, 3.05) is 32.1 Å². The van der Waals surface area contributed by atoms with Crippen molar-refractivity contribution in [1.29, 1.82) is 0 Å². The van der Waals surface area contributed by atoms with Crippen LogP contribution < -0.4 is 5.32 Å². The molecule has 17 heavy (non-hydrogen) atoms. The summed E-state index contributed by atoms with van der Waals surface area (Å²) in [4.78, 5) is 6.73. The smallest absolute Gasteiger partial charge is 0.126 e. The Morgan fingerprint density at radius 1 is 1.35 bits per heavy atom. The number of pyridine rings is 1. The average molecular weight is 237 g/mol. The Morgan fingerprint density at radius 2 is 2.18 bits per heavy atom. The van der Waals surface area contributed by atoms with Crippen molar-refractivity contribution in [3.8, 4) is 0 Å². The van der Waals surface area contributed by atoms with Gasteiger partial charge in [-0.05, 0) is 25.1 Å². The van der Waals surface area contributed by atoms with Gasteiger partial charge in [0.25, 0.3) is 0 Å². The third-order valence-corrected chi connectivity index (χ3v) is 2.69.